The van der Waals surface area contributed by atoms with Crippen LogP contribution in [0.15, 0.2) is 35.1 Å². The van der Waals surface area contributed by atoms with E-state index in [-0.39, 0.29) is 16.1 Å². The van der Waals surface area contributed by atoms with Crippen molar-refractivity contribution in [3.8, 4) is 0 Å². The SMILES string of the molecule is CCC[C@H]1CCCN1Cc1c(Cl)cc(Cl)c(=O)n1CCc1ccc(C(=O)O)cc1.O=C(O)C(F)(F)F. The first-order valence-corrected chi connectivity index (χ1v) is 12.0. The van der Waals surface area contributed by atoms with Crippen LogP contribution in [-0.4, -0.2) is 50.4 Å². The summed E-state index contributed by atoms with van der Waals surface area (Å²) in [6, 6.07) is 8.77. The van der Waals surface area contributed by atoms with Gasteiger partial charge in [0.15, 0.2) is 0 Å². The maximum absolute atomic E-state index is 12.8. The molecule has 1 fully saturated rings. The fourth-order valence-electron chi connectivity index (χ4n) is 4.04. The Hall–Kier alpha value is -2.56. The summed E-state index contributed by atoms with van der Waals surface area (Å²) in [4.78, 5) is 35.1. The van der Waals surface area contributed by atoms with E-state index in [1.165, 1.54) is 6.42 Å². The third-order valence-corrected chi connectivity index (χ3v) is 6.44. The summed E-state index contributed by atoms with van der Waals surface area (Å²) in [5, 5.41) is 16.8. The third-order valence-electron chi connectivity index (χ3n) is 5.85. The average Bonchev–Trinajstić information content (AvgIpc) is 3.24. The summed E-state index contributed by atoms with van der Waals surface area (Å²) >= 11 is 12.6. The minimum atomic E-state index is -5.08. The molecule has 0 bridgehead atoms. The van der Waals surface area contributed by atoms with Gasteiger partial charge < -0.3 is 14.8 Å². The Balaban J connectivity index is 0.000000572. The number of aryl methyl sites for hydroxylation is 1. The second-order valence-electron chi connectivity index (χ2n) is 8.35. The van der Waals surface area contributed by atoms with Gasteiger partial charge >= 0.3 is 18.1 Å². The van der Waals surface area contributed by atoms with Gasteiger partial charge in [-0.15, -0.1) is 0 Å². The van der Waals surface area contributed by atoms with Crippen molar-refractivity contribution in [2.45, 2.75) is 64.3 Å². The van der Waals surface area contributed by atoms with E-state index in [1.807, 2.05) is 0 Å². The van der Waals surface area contributed by atoms with Crippen molar-refractivity contribution in [3.63, 3.8) is 0 Å². The van der Waals surface area contributed by atoms with Gasteiger partial charge in [0.1, 0.15) is 5.02 Å². The summed E-state index contributed by atoms with van der Waals surface area (Å²) in [6.45, 7) is 4.27. The van der Waals surface area contributed by atoms with Gasteiger partial charge in [-0.05, 0) is 56.0 Å². The molecule has 7 nitrogen and oxygen atoms in total. The predicted octanol–water partition coefficient (Wildman–Crippen LogP) is 5.49. The van der Waals surface area contributed by atoms with Crippen molar-refractivity contribution >= 4 is 35.1 Å². The molecule has 1 aromatic carbocycles. The molecule has 0 spiro atoms. The molecular weight excluding hydrogens is 524 g/mol. The quantitative estimate of drug-likeness (QED) is 0.450. The highest BCUT2D eigenvalue weighted by molar-refractivity contribution is 6.34. The van der Waals surface area contributed by atoms with E-state index < -0.39 is 18.1 Å². The Morgan fingerprint density at radius 1 is 1.11 bits per heavy atom. The van der Waals surface area contributed by atoms with Crippen molar-refractivity contribution in [3.05, 3.63) is 67.6 Å². The number of likely N-dealkylation sites (tertiary alicyclic amines) is 1. The minimum absolute atomic E-state index is 0.117. The highest BCUT2D eigenvalue weighted by Gasteiger charge is 2.38. The lowest BCUT2D eigenvalue weighted by Gasteiger charge is -2.26. The van der Waals surface area contributed by atoms with Crippen LogP contribution in [-0.2, 0) is 24.3 Å². The van der Waals surface area contributed by atoms with Gasteiger partial charge in [-0.1, -0.05) is 48.7 Å². The number of rotatable bonds is 8. The lowest BCUT2D eigenvalue weighted by molar-refractivity contribution is -0.192. The number of aliphatic carboxylic acids is 1. The molecule has 1 aromatic heterocycles. The number of carboxylic acids is 2. The number of alkyl halides is 3. The van der Waals surface area contributed by atoms with E-state index in [0.29, 0.717) is 30.6 Å². The second-order valence-corrected chi connectivity index (χ2v) is 9.17. The van der Waals surface area contributed by atoms with Crippen LogP contribution in [0.3, 0.4) is 0 Å². The number of nitrogens with zero attached hydrogens (tertiary/aromatic N) is 2. The largest absolute Gasteiger partial charge is 0.490 e. The van der Waals surface area contributed by atoms with E-state index in [1.54, 1.807) is 34.9 Å². The van der Waals surface area contributed by atoms with Crippen LogP contribution in [0.25, 0.3) is 0 Å². The number of aromatic nitrogens is 1. The van der Waals surface area contributed by atoms with Crippen LogP contribution in [0, 0.1) is 0 Å². The van der Waals surface area contributed by atoms with Gasteiger partial charge in [-0.2, -0.15) is 13.2 Å². The van der Waals surface area contributed by atoms with E-state index in [9.17, 15) is 22.8 Å². The van der Waals surface area contributed by atoms with Crippen LogP contribution in [0.1, 0.15) is 54.2 Å². The Kier molecular flexibility index (Phi) is 10.8. The number of pyridine rings is 1. The lowest BCUT2D eigenvalue weighted by atomic mass is 10.1. The molecule has 1 aliphatic heterocycles. The van der Waals surface area contributed by atoms with Crippen molar-refractivity contribution in [2.24, 2.45) is 0 Å². The molecule has 12 heteroatoms. The topological polar surface area (TPSA) is 99.8 Å². The summed E-state index contributed by atoms with van der Waals surface area (Å²) in [7, 11) is 0. The number of carboxylic acid groups (broad SMARTS) is 2. The summed E-state index contributed by atoms with van der Waals surface area (Å²) in [6.07, 6.45) is 0.122. The molecule has 2 N–H and O–H groups in total. The van der Waals surface area contributed by atoms with Gasteiger partial charge in [0.25, 0.3) is 5.56 Å². The number of carbonyl (C=O) groups is 2. The maximum Gasteiger partial charge on any atom is 0.490 e. The molecule has 3 rings (SSSR count). The van der Waals surface area contributed by atoms with Crippen LogP contribution >= 0.6 is 23.2 Å². The highest BCUT2D eigenvalue weighted by atomic mass is 35.5. The van der Waals surface area contributed by atoms with Gasteiger partial charge in [0.05, 0.1) is 16.3 Å². The normalized spacial score (nSPS) is 15.9. The summed E-state index contributed by atoms with van der Waals surface area (Å²) in [5.74, 6) is -3.71. The van der Waals surface area contributed by atoms with Crippen LogP contribution < -0.4 is 5.56 Å². The number of halogens is 5. The van der Waals surface area contributed by atoms with Crippen LogP contribution in [0.2, 0.25) is 10.0 Å². The zero-order valence-corrected chi connectivity index (χ0v) is 21.0. The molecule has 0 amide bonds. The molecule has 0 saturated carbocycles. The zero-order valence-electron chi connectivity index (χ0n) is 19.5. The lowest BCUT2D eigenvalue weighted by Crippen LogP contribution is -2.33. The van der Waals surface area contributed by atoms with Gasteiger partial charge in [0, 0.05) is 19.1 Å². The summed E-state index contributed by atoms with van der Waals surface area (Å²) < 4.78 is 33.4. The van der Waals surface area contributed by atoms with Crippen molar-refractivity contribution in [2.75, 3.05) is 6.54 Å². The zero-order chi connectivity index (χ0) is 27.0. The minimum Gasteiger partial charge on any atom is -0.478 e. The maximum atomic E-state index is 12.8. The molecule has 1 atom stereocenters. The highest BCUT2D eigenvalue weighted by Crippen LogP contribution is 2.27. The Labute approximate surface area is 216 Å². The van der Waals surface area contributed by atoms with Crippen LogP contribution in [0.4, 0.5) is 13.2 Å². The van der Waals surface area contributed by atoms with Crippen molar-refractivity contribution in [1.29, 1.82) is 0 Å². The van der Waals surface area contributed by atoms with Crippen molar-refractivity contribution in [1.82, 2.24) is 9.47 Å². The third kappa shape index (κ3) is 8.25. The first-order chi connectivity index (χ1) is 16.8. The Morgan fingerprint density at radius 2 is 1.72 bits per heavy atom. The molecule has 36 heavy (non-hydrogen) atoms. The molecule has 198 valence electrons. The fraction of sp³-hybridized carbons (Fsp3) is 0.458. The number of hydrogen-bond donors (Lipinski definition) is 2. The van der Waals surface area contributed by atoms with E-state index in [4.69, 9.17) is 38.2 Å². The first-order valence-electron chi connectivity index (χ1n) is 11.3. The summed E-state index contributed by atoms with van der Waals surface area (Å²) in [5.41, 5.74) is 1.76. The molecule has 2 aromatic rings. The average molecular weight is 551 g/mol. The molecule has 1 saturated heterocycles. The molecule has 2 heterocycles. The molecule has 1 aliphatic rings. The van der Waals surface area contributed by atoms with Gasteiger partial charge in [0.2, 0.25) is 0 Å². The molecule has 0 radical (unpaired) electrons. The van der Waals surface area contributed by atoms with Gasteiger partial charge in [-0.3, -0.25) is 9.69 Å². The van der Waals surface area contributed by atoms with Crippen LogP contribution in [0.5, 0.6) is 0 Å². The number of hydrogen-bond acceptors (Lipinski definition) is 4. The van der Waals surface area contributed by atoms with E-state index >= 15 is 0 Å². The van der Waals surface area contributed by atoms with E-state index in [2.05, 4.69) is 11.8 Å². The Bertz CT molecular complexity index is 1120. The Morgan fingerprint density at radius 3 is 2.25 bits per heavy atom. The number of benzene rings is 1. The first kappa shape index (κ1) is 29.7. The van der Waals surface area contributed by atoms with Crippen molar-refractivity contribution < 1.29 is 33.0 Å². The van der Waals surface area contributed by atoms with E-state index in [0.717, 1.165) is 37.1 Å². The number of aromatic carboxylic acids is 1. The fourth-order valence-corrected chi connectivity index (χ4v) is 4.58. The standard InChI is InChI=1S/C22H26Cl2N2O3.C2HF3O2/c1-2-4-17-5-3-11-25(17)14-20-18(23)13-19(24)21(27)26(20)12-10-15-6-8-16(9-7-15)22(28)29;3-2(4,5)1(6)7/h6-9,13,17H,2-5,10-12,14H2,1H3,(H,28,29);(H,6,7)/t17-;/m0./s1. The second kappa shape index (κ2) is 13.1. The molecular formula is C24H27Cl2F3N2O5. The monoisotopic (exact) mass is 550 g/mol. The predicted molar refractivity (Wildman–Crippen MR) is 130 cm³/mol. The molecule has 0 aliphatic carbocycles. The smallest absolute Gasteiger partial charge is 0.478 e. The van der Waals surface area contributed by atoms with Gasteiger partial charge in [-0.25, -0.2) is 9.59 Å². The molecule has 0 unspecified atom stereocenters.